The number of hydrogen-bond donors (Lipinski definition) is 0. The summed E-state index contributed by atoms with van der Waals surface area (Å²) in [6.45, 7) is 6.78. The largest absolute Gasteiger partial charge is 0.392 e. The van der Waals surface area contributed by atoms with E-state index in [4.69, 9.17) is 16.7 Å². The zero-order valence-electron chi connectivity index (χ0n) is 8.62. The van der Waals surface area contributed by atoms with Crippen LogP contribution in [0.2, 0.25) is 0 Å². The molecule has 0 aliphatic rings. The Morgan fingerprint density at radius 3 is 3.12 bits per heavy atom. The fourth-order valence-electron chi connectivity index (χ4n) is 1.20. The second-order valence-corrected chi connectivity index (χ2v) is 4.10. The minimum Gasteiger partial charge on any atom is -0.348 e. The fraction of sp³-hybridized carbons (Fsp3) is 0.0909. The molecule has 0 spiro atoms. The van der Waals surface area contributed by atoms with Gasteiger partial charge < -0.3 is 9.68 Å². The van der Waals surface area contributed by atoms with Crippen molar-refractivity contribution in [3.05, 3.63) is 40.7 Å². The van der Waals surface area contributed by atoms with Gasteiger partial charge in [-0.1, -0.05) is 18.7 Å². The maximum atomic E-state index is 8.45. The summed E-state index contributed by atoms with van der Waals surface area (Å²) in [7, 11) is 0. The Hall–Kier alpha value is -2.44. The summed E-state index contributed by atoms with van der Waals surface area (Å²) in [6.07, 6.45) is 0. The van der Waals surface area contributed by atoms with Crippen LogP contribution in [-0.4, -0.2) is 10.8 Å². The Kier molecular flexibility index (Phi) is 3.29. The Morgan fingerprint density at radius 2 is 2.41 bits per heavy atom. The van der Waals surface area contributed by atoms with E-state index < -0.39 is 0 Å². The molecule has 17 heavy (non-hydrogen) atoms. The molecule has 5 nitrogen and oxygen atoms in total. The molecule has 0 saturated heterocycles. The van der Waals surface area contributed by atoms with Crippen LogP contribution in [0.15, 0.2) is 29.4 Å². The molecule has 82 valence electrons. The monoisotopic (exact) mass is 242 g/mol. The number of rotatable bonds is 3. The van der Waals surface area contributed by atoms with Gasteiger partial charge in [-0.2, -0.15) is 0 Å². The first-order chi connectivity index (χ1) is 8.33. The van der Waals surface area contributed by atoms with E-state index in [1.54, 1.807) is 6.07 Å². The van der Waals surface area contributed by atoms with E-state index in [0.29, 0.717) is 0 Å². The molecule has 0 amide bonds. The first-order valence-corrected chi connectivity index (χ1v) is 5.47. The normalized spacial score (nSPS) is 10.8. The third kappa shape index (κ3) is 2.57. The second kappa shape index (κ2) is 5.06. The number of fused-ring (bicyclic) bond motifs is 1. The van der Waals surface area contributed by atoms with Crippen molar-refractivity contribution in [2.24, 2.45) is 5.16 Å². The number of thiazole rings is 1. The van der Waals surface area contributed by atoms with Crippen molar-refractivity contribution < 1.29 is 4.84 Å². The van der Waals surface area contributed by atoms with Gasteiger partial charge in [0.25, 0.3) is 0 Å². The lowest BCUT2D eigenvalue weighted by Crippen LogP contribution is -1.90. The lowest BCUT2D eigenvalue weighted by molar-refractivity contribution is 0.131. The quantitative estimate of drug-likeness (QED) is 0.359. The van der Waals surface area contributed by atoms with Gasteiger partial charge in [-0.25, -0.2) is 10.2 Å². The third-order valence-corrected chi connectivity index (χ3v) is 2.89. The standard InChI is InChI=1S/C11H6N4OS/c1-13-10(6-12)15-16-7-11-14-8-4-2-3-5-9(8)17-11/h2-5H,7H2/b15-10-. The van der Waals surface area contributed by atoms with E-state index in [1.807, 2.05) is 24.3 Å². The maximum Gasteiger partial charge on any atom is 0.392 e. The summed E-state index contributed by atoms with van der Waals surface area (Å²) < 4.78 is 1.07. The molecule has 0 unspecified atom stereocenters. The van der Waals surface area contributed by atoms with Crippen molar-refractivity contribution in [2.45, 2.75) is 6.61 Å². The third-order valence-electron chi connectivity index (χ3n) is 1.88. The summed E-state index contributed by atoms with van der Waals surface area (Å²) in [5, 5.41) is 12.6. The van der Waals surface area contributed by atoms with Crippen LogP contribution >= 0.6 is 11.3 Å². The van der Waals surface area contributed by atoms with E-state index >= 15 is 0 Å². The van der Waals surface area contributed by atoms with Crippen LogP contribution in [0.25, 0.3) is 15.1 Å². The Balaban J connectivity index is 2.08. The molecule has 1 aromatic heterocycles. The van der Waals surface area contributed by atoms with Crippen molar-refractivity contribution >= 4 is 27.4 Å². The van der Waals surface area contributed by atoms with Gasteiger partial charge in [0.05, 0.1) is 15.4 Å². The molecular weight excluding hydrogens is 236 g/mol. The lowest BCUT2D eigenvalue weighted by atomic mass is 10.3. The topological polar surface area (TPSA) is 62.6 Å². The molecule has 6 heteroatoms. The highest BCUT2D eigenvalue weighted by molar-refractivity contribution is 7.18. The summed E-state index contributed by atoms with van der Waals surface area (Å²) in [4.78, 5) is 12.1. The number of amidine groups is 1. The van der Waals surface area contributed by atoms with Crippen molar-refractivity contribution in [3.63, 3.8) is 0 Å². The number of nitriles is 1. The molecule has 2 rings (SSSR count). The number of hydrogen-bond acceptors (Lipinski definition) is 5. The van der Waals surface area contributed by atoms with Gasteiger partial charge in [0.1, 0.15) is 11.1 Å². The highest BCUT2D eigenvalue weighted by Crippen LogP contribution is 2.21. The van der Waals surface area contributed by atoms with Gasteiger partial charge in [-0.05, 0) is 12.1 Å². The maximum absolute atomic E-state index is 8.45. The summed E-state index contributed by atoms with van der Waals surface area (Å²) in [5.74, 6) is -0.314. The van der Waals surface area contributed by atoms with Crippen LogP contribution in [0, 0.1) is 17.9 Å². The number of para-hydroxylation sites is 1. The fourth-order valence-corrected chi connectivity index (χ4v) is 2.07. The SMILES string of the molecule is [C-]#[N+]/C(C#N)=N\OCc1nc2ccccc2s1. The summed E-state index contributed by atoms with van der Waals surface area (Å²) in [5.41, 5.74) is 0.908. The van der Waals surface area contributed by atoms with E-state index in [0.717, 1.165) is 15.2 Å². The second-order valence-electron chi connectivity index (χ2n) is 2.99. The molecule has 0 radical (unpaired) electrons. The van der Waals surface area contributed by atoms with Crippen LogP contribution in [0.5, 0.6) is 0 Å². The van der Waals surface area contributed by atoms with E-state index in [2.05, 4.69) is 15.0 Å². The molecule has 0 aliphatic carbocycles. The summed E-state index contributed by atoms with van der Waals surface area (Å²) in [6, 6.07) is 9.36. The van der Waals surface area contributed by atoms with E-state index in [9.17, 15) is 0 Å². The molecular formula is C11H6N4OS. The Morgan fingerprint density at radius 1 is 1.59 bits per heavy atom. The number of nitrogens with zero attached hydrogens (tertiary/aromatic N) is 4. The van der Waals surface area contributed by atoms with Gasteiger partial charge in [0, 0.05) is 0 Å². The number of aromatic nitrogens is 1. The van der Waals surface area contributed by atoms with Gasteiger partial charge in [0.2, 0.25) is 0 Å². The van der Waals surface area contributed by atoms with Crippen LogP contribution in [-0.2, 0) is 11.4 Å². The average molecular weight is 242 g/mol. The van der Waals surface area contributed by atoms with E-state index in [1.165, 1.54) is 11.3 Å². The molecule has 1 aromatic carbocycles. The van der Waals surface area contributed by atoms with Crippen molar-refractivity contribution in [3.8, 4) is 6.07 Å². The van der Waals surface area contributed by atoms with Crippen LogP contribution in [0.1, 0.15) is 5.01 Å². The van der Waals surface area contributed by atoms with Crippen molar-refractivity contribution in [1.82, 2.24) is 4.98 Å². The molecule has 0 aliphatic heterocycles. The highest BCUT2D eigenvalue weighted by atomic mass is 32.1. The minimum absolute atomic E-state index is 0.167. The number of benzene rings is 1. The zero-order valence-corrected chi connectivity index (χ0v) is 9.44. The predicted molar refractivity (Wildman–Crippen MR) is 64.1 cm³/mol. The molecule has 0 fully saturated rings. The Bertz CT molecular complexity index is 598. The van der Waals surface area contributed by atoms with Gasteiger partial charge >= 0.3 is 5.84 Å². The predicted octanol–water partition coefficient (Wildman–Crippen LogP) is 2.57. The van der Waals surface area contributed by atoms with Gasteiger partial charge in [-0.15, -0.1) is 11.3 Å². The Labute approximate surface area is 101 Å². The first kappa shape index (κ1) is 11.1. The molecule has 0 N–H and O–H groups in total. The molecule has 1 heterocycles. The molecule has 0 bridgehead atoms. The van der Waals surface area contributed by atoms with Crippen LogP contribution in [0.3, 0.4) is 0 Å². The van der Waals surface area contributed by atoms with Gasteiger partial charge in [-0.3, -0.25) is 0 Å². The van der Waals surface area contributed by atoms with E-state index in [-0.39, 0.29) is 12.4 Å². The van der Waals surface area contributed by atoms with Crippen molar-refractivity contribution in [1.29, 1.82) is 5.26 Å². The smallest absolute Gasteiger partial charge is 0.348 e. The average Bonchev–Trinajstić information content (AvgIpc) is 2.77. The highest BCUT2D eigenvalue weighted by Gasteiger charge is 2.04. The van der Waals surface area contributed by atoms with Gasteiger partial charge in [0.15, 0.2) is 6.61 Å². The molecule has 0 saturated carbocycles. The minimum atomic E-state index is -0.314. The summed E-state index contributed by atoms with van der Waals surface area (Å²) >= 11 is 1.50. The number of oxime groups is 1. The van der Waals surface area contributed by atoms with Crippen LogP contribution in [0.4, 0.5) is 0 Å². The van der Waals surface area contributed by atoms with Crippen LogP contribution < -0.4 is 0 Å². The molecule has 0 atom stereocenters. The first-order valence-electron chi connectivity index (χ1n) is 4.65. The lowest BCUT2D eigenvalue weighted by Gasteiger charge is -1.88. The molecule has 2 aromatic rings. The zero-order chi connectivity index (χ0) is 12.1. The van der Waals surface area contributed by atoms with Crippen molar-refractivity contribution in [2.75, 3.05) is 0 Å².